The van der Waals surface area contributed by atoms with Crippen LogP contribution in [0.5, 0.6) is 0 Å². The molecule has 0 saturated carbocycles. The highest BCUT2D eigenvalue weighted by Crippen LogP contribution is 2.36. The first-order valence-corrected chi connectivity index (χ1v) is 5.53. The van der Waals surface area contributed by atoms with Gasteiger partial charge in [0.15, 0.2) is 0 Å². The van der Waals surface area contributed by atoms with E-state index >= 15 is 0 Å². The zero-order chi connectivity index (χ0) is 13.8. The minimum atomic E-state index is -4.56. The van der Waals surface area contributed by atoms with Gasteiger partial charge in [0.1, 0.15) is 0 Å². The fourth-order valence-corrected chi connectivity index (χ4v) is 1.48. The second kappa shape index (κ2) is 6.06. The van der Waals surface area contributed by atoms with Gasteiger partial charge in [-0.15, -0.1) is 0 Å². The van der Waals surface area contributed by atoms with E-state index in [2.05, 4.69) is 10.6 Å². The molecule has 2 N–H and O–H groups in total. The Balaban J connectivity index is 2.92. The fourth-order valence-electron chi connectivity index (χ4n) is 1.31. The van der Waals surface area contributed by atoms with Crippen LogP contribution in [0.3, 0.4) is 0 Å². The minimum Gasteiger partial charge on any atom is -0.325 e. The van der Waals surface area contributed by atoms with Crippen LogP contribution in [0.15, 0.2) is 18.2 Å². The number of carbonyl (C=O) groups excluding carboxylic acids is 1. The van der Waals surface area contributed by atoms with Gasteiger partial charge in [-0.3, -0.25) is 4.79 Å². The zero-order valence-corrected chi connectivity index (χ0v) is 10.3. The van der Waals surface area contributed by atoms with Gasteiger partial charge in [-0.05, 0) is 25.2 Å². The van der Waals surface area contributed by atoms with Crippen LogP contribution < -0.4 is 10.6 Å². The number of hydrogen-bond acceptors (Lipinski definition) is 2. The molecule has 0 bridgehead atoms. The molecule has 100 valence electrons. The van der Waals surface area contributed by atoms with Crippen molar-refractivity contribution >= 4 is 23.2 Å². The van der Waals surface area contributed by atoms with E-state index < -0.39 is 17.6 Å². The lowest BCUT2D eigenvalue weighted by molar-refractivity contribution is -0.137. The lowest BCUT2D eigenvalue weighted by Crippen LogP contribution is -2.20. The molecule has 18 heavy (non-hydrogen) atoms. The maximum absolute atomic E-state index is 12.7. The van der Waals surface area contributed by atoms with Gasteiger partial charge in [0.25, 0.3) is 0 Å². The van der Waals surface area contributed by atoms with Gasteiger partial charge in [-0.1, -0.05) is 11.6 Å². The standard InChI is InChI=1S/C11H12ClF3N2O/c1-16-5-4-10(18)17-9-3-2-7(12)6-8(9)11(13,14)15/h2-3,6,16H,4-5H2,1H3,(H,17,18). The molecule has 0 aliphatic heterocycles. The molecule has 0 heterocycles. The Labute approximate surface area is 107 Å². The quantitative estimate of drug-likeness (QED) is 0.890. The van der Waals surface area contributed by atoms with Gasteiger partial charge < -0.3 is 10.6 Å². The first kappa shape index (κ1) is 14.8. The Morgan fingerprint density at radius 1 is 1.39 bits per heavy atom. The summed E-state index contributed by atoms with van der Waals surface area (Å²) in [7, 11) is 1.65. The average Bonchev–Trinajstić information content (AvgIpc) is 2.27. The van der Waals surface area contributed by atoms with E-state index in [9.17, 15) is 18.0 Å². The van der Waals surface area contributed by atoms with Crippen LogP contribution in [-0.4, -0.2) is 19.5 Å². The molecule has 0 aliphatic carbocycles. The number of nitrogens with one attached hydrogen (secondary N) is 2. The van der Waals surface area contributed by atoms with Gasteiger partial charge in [-0.2, -0.15) is 13.2 Å². The number of carbonyl (C=O) groups is 1. The van der Waals surface area contributed by atoms with Gasteiger partial charge >= 0.3 is 6.18 Å². The van der Waals surface area contributed by atoms with Crippen molar-refractivity contribution in [3.05, 3.63) is 28.8 Å². The maximum Gasteiger partial charge on any atom is 0.418 e. The molecule has 0 saturated heterocycles. The maximum atomic E-state index is 12.7. The first-order valence-electron chi connectivity index (χ1n) is 5.16. The third-order valence-electron chi connectivity index (χ3n) is 2.16. The number of alkyl halides is 3. The lowest BCUT2D eigenvalue weighted by atomic mass is 10.1. The zero-order valence-electron chi connectivity index (χ0n) is 9.57. The number of halogens is 4. The third-order valence-corrected chi connectivity index (χ3v) is 2.40. The van der Waals surface area contributed by atoms with Crippen LogP contribution in [0.25, 0.3) is 0 Å². The Hall–Kier alpha value is -1.27. The van der Waals surface area contributed by atoms with E-state index in [-0.39, 0.29) is 17.1 Å². The smallest absolute Gasteiger partial charge is 0.325 e. The molecule has 1 rings (SSSR count). The Morgan fingerprint density at radius 3 is 2.61 bits per heavy atom. The lowest BCUT2D eigenvalue weighted by Gasteiger charge is -2.14. The van der Waals surface area contributed by atoms with Crippen molar-refractivity contribution in [3.63, 3.8) is 0 Å². The van der Waals surface area contributed by atoms with Gasteiger partial charge in [-0.25, -0.2) is 0 Å². The predicted octanol–water partition coefficient (Wildman–Crippen LogP) is 2.91. The van der Waals surface area contributed by atoms with Crippen molar-refractivity contribution < 1.29 is 18.0 Å². The molecule has 1 aromatic carbocycles. The highest BCUT2D eigenvalue weighted by Gasteiger charge is 2.34. The van der Waals surface area contributed by atoms with Crippen molar-refractivity contribution in [1.82, 2.24) is 5.32 Å². The minimum absolute atomic E-state index is 0.0319. The van der Waals surface area contributed by atoms with Crippen LogP contribution in [-0.2, 0) is 11.0 Å². The van der Waals surface area contributed by atoms with Crippen LogP contribution in [0.4, 0.5) is 18.9 Å². The van der Waals surface area contributed by atoms with Crippen molar-refractivity contribution in [1.29, 1.82) is 0 Å². The summed E-state index contributed by atoms with van der Waals surface area (Å²) in [6.07, 6.45) is -4.47. The summed E-state index contributed by atoms with van der Waals surface area (Å²) in [6.45, 7) is 0.390. The molecule has 7 heteroatoms. The summed E-state index contributed by atoms with van der Waals surface area (Å²) in [5.41, 5.74) is -1.24. The largest absolute Gasteiger partial charge is 0.418 e. The molecule has 0 radical (unpaired) electrons. The molecular formula is C11H12ClF3N2O. The summed E-state index contributed by atoms with van der Waals surface area (Å²) >= 11 is 5.52. The molecule has 0 spiro atoms. The Morgan fingerprint density at radius 2 is 2.06 bits per heavy atom. The molecule has 0 aliphatic rings. The number of benzene rings is 1. The van der Waals surface area contributed by atoms with Crippen molar-refractivity contribution in [2.24, 2.45) is 0 Å². The average molecular weight is 281 g/mol. The second-order valence-electron chi connectivity index (χ2n) is 3.59. The van der Waals surface area contributed by atoms with Crippen molar-refractivity contribution in [2.75, 3.05) is 18.9 Å². The normalized spacial score (nSPS) is 11.4. The van der Waals surface area contributed by atoms with Gasteiger partial charge in [0, 0.05) is 18.0 Å². The molecular weight excluding hydrogens is 269 g/mol. The third kappa shape index (κ3) is 4.19. The monoisotopic (exact) mass is 280 g/mol. The second-order valence-corrected chi connectivity index (χ2v) is 4.03. The summed E-state index contributed by atoms with van der Waals surface area (Å²) < 4.78 is 38.1. The molecule has 3 nitrogen and oxygen atoms in total. The van der Waals surface area contributed by atoms with E-state index in [1.165, 1.54) is 6.07 Å². The summed E-state index contributed by atoms with van der Waals surface area (Å²) in [5, 5.41) is 4.92. The van der Waals surface area contributed by atoms with E-state index in [0.29, 0.717) is 6.54 Å². The highest BCUT2D eigenvalue weighted by molar-refractivity contribution is 6.30. The van der Waals surface area contributed by atoms with E-state index in [1.54, 1.807) is 7.05 Å². The molecule has 0 atom stereocenters. The molecule has 0 aromatic heterocycles. The predicted molar refractivity (Wildman–Crippen MR) is 63.6 cm³/mol. The SMILES string of the molecule is CNCCC(=O)Nc1ccc(Cl)cc1C(F)(F)F. The fraction of sp³-hybridized carbons (Fsp3) is 0.364. The number of hydrogen-bond donors (Lipinski definition) is 2. The summed E-state index contributed by atoms with van der Waals surface area (Å²) in [6, 6.07) is 3.22. The topological polar surface area (TPSA) is 41.1 Å². The van der Waals surface area contributed by atoms with E-state index in [4.69, 9.17) is 11.6 Å². The Kier molecular flexibility index (Phi) is 4.98. The summed E-state index contributed by atoms with van der Waals surface area (Å²) in [5.74, 6) is -0.489. The van der Waals surface area contributed by atoms with E-state index in [1.807, 2.05) is 0 Å². The molecule has 1 amide bonds. The first-order chi connectivity index (χ1) is 8.34. The Bertz CT molecular complexity index is 435. The van der Waals surface area contributed by atoms with Gasteiger partial charge in [0.2, 0.25) is 5.91 Å². The van der Waals surface area contributed by atoms with Crippen LogP contribution >= 0.6 is 11.6 Å². The van der Waals surface area contributed by atoms with Crippen LogP contribution in [0, 0.1) is 0 Å². The van der Waals surface area contributed by atoms with E-state index in [0.717, 1.165) is 12.1 Å². The van der Waals surface area contributed by atoms with Crippen molar-refractivity contribution in [2.45, 2.75) is 12.6 Å². The number of rotatable bonds is 4. The van der Waals surface area contributed by atoms with Crippen LogP contribution in [0.1, 0.15) is 12.0 Å². The molecule has 0 fully saturated rings. The van der Waals surface area contributed by atoms with Crippen LogP contribution in [0.2, 0.25) is 5.02 Å². The van der Waals surface area contributed by atoms with Crippen molar-refractivity contribution in [3.8, 4) is 0 Å². The molecule has 1 aromatic rings. The molecule has 0 unspecified atom stereocenters. The number of anilines is 1. The van der Waals surface area contributed by atoms with Gasteiger partial charge in [0.05, 0.1) is 11.3 Å². The highest BCUT2D eigenvalue weighted by atomic mass is 35.5. The summed E-state index contributed by atoms with van der Waals surface area (Å²) in [4.78, 5) is 11.4. The number of amides is 1.